The Morgan fingerprint density at radius 2 is 1.75 bits per heavy atom. The number of thiol groups is 1. The second-order valence-electron chi connectivity index (χ2n) is 6.41. The van der Waals surface area contributed by atoms with Crippen molar-refractivity contribution in [3.63, 3.8) is 0 Å². The van der Waals surface area contributed by atoms with Crippen LogP contribution < -0.4 is 19.7 Å². The minimum Gasteiger partial charge on any atom is -0.494 e. The summed E-state index contributed by atoms with van der Waals surface area (Å²) in [5, 5.41) is 5.84. The summed E-state index contributed by atoms with van der Waals surface area (Å²) in [6.45, 7) is 0. The van der Waals surface area contributed by atoms with Crippen LogP contribution in [0.3, 0.4) is 0 Å². The number of halogens is 2. The highest BCUT2D eigenvalue weighted by Crippen LogP contribution is 2.34. The first-order chi connectivity index (χ1) is 15.3. The first-order valence-electron chi connectivity index (χ1n) is 9.21. The molecule has 3 rings (SSSR count). The lowest BCUT2D eigenvalue weighted by Gasteiger charge is -2.20. The third-order valence-corrected chi connectivity index (χ3v) is 6.00. The molecule has 0 atom stereocenters. The van der Waals surface area contributed by atoms with Crippen molar-refractivity contribution in [2.24, 2.45) is 0 Å². The zero-order valence-electron chi connectivity index (χ0n) is 17.1. The SMILES string of the molecule is COc1cc(NC(=O)c2ccccc2F)ccc1N(S)C(=O)Nc1ccc(SC)c(Cl)c1. The molecular weight excluding hydrogens is 473 g/mol. The molecule has 0 saturated carbocycles. The standard InChI is InChI=1S/C22H19ClFN3O3S2/c1-30-19-12-14(25-21(28)15-5-3-4-6-17(15)24)7-9-18(19)27(31)22(29)26-13-8-10-20(32-2)16(23)11-13/h3-12,31H,1-2H3,(H,25,28)(H,26,29). The molecule has 3 aromatic rings. The number of carbonyl (C=O) groups excluding carboxylic acids is 2. The second-order valence-corrected chi connectivity index (χ2v) is 8.07. The average molecular weight is 492 g/mol. The molecule has 0 aliphatic carbocycles. The molecule has 3 aromatic carbocycles. The highest BCUT2D eigenvalue weighted by molar-refractivity contribution is 7.98. The van der Waals surface area contributed by atoms with Crippen molar-refractivity contribution in [2.75, 3.05) is 28.3 Å². The van der Waals surface area contributed by atoms with E-state index in [-0.39, 0.29) is 11.3 Å². The predicted octanol–water partition coefficient (Wildman–Crippen LogP) is 6.35. The van der Waals surface area contributed by atoms with Crippen LogP contribution in [0.4, 0.5) is 26.2 Å². The molecule has 0 heterocycles. The summed E-state index contributed by atoms with van der Waals surface area (Å²) in [6, 6.07) is 14.9. The molecule has 0 spiro atoms. The van der Waals surface area contributed by atoms with Crippen molar-refractivity contribution >= 4 is 65.2 Å². The topological polar surface area (TPSA) is 70.7 Å². The summed E-state index contributed by atoms with van der Waals surface area (Å²) in [4.78, 5) is 25.9. The monoisotopic (exact) mass is 491 g/mol. The molecule has 2 N–H and O–H groups in total. The van der Waals surface area contributed by atoms with Crippen molar-refractivity contribution in [2.45, 2.75) is 4.90 Å². The lowest BCUT2D eigenvalue weighted by Crippen LogP contribution is -2.27. The summed E-state index contributed by atoms with van der Waals surface area (Å²) in [5.41, 5.74) is 1.12. The molecule has 0 radical (unpaired) electrons. The maximum Gasteiger partial charge on any atom is 0.336 e. The number of urea groups is 1. The molecule has 0 fully saturated rings. The molecule has 10 heteroatoms. The Bertz CT molecular complexity index is 1160. The highest BCUT2D eigenvalue weighted by Gasteiger charge is 2.19. The number of hydrogen-bond donors (Lipinski definition) is 3. The van der Waals surface area contributed by atoms with Crippen LogP contribution in [0.15, 0.2) is 65.6 Å². The van der Waals surface area contributed by atoms with Crippen molar-refractivity contribution in [1.29, 1.82) is 0 Å². The maximum atomic E-state index is 13.8. The number of ether oxygens (including phenoxy) is 1. The van der Waals surface area contributed by atoms with E-state index >= 15 is 0 Å². The van der Waals surface area contributed by atoms with Gasteiger partial charge in [0, 0.05) is 22.3 Å². The van der Waals surface area contributed by atoms with Gasteiger partial charge in [-0.05, 0) is 48.7 Å². The number of nitrogens with one attached hydrogen (secondary N) is 2. The van der Waals surface area contributed by atoms with E-state index < -0.39 is 17.8 Å². The van der Waals surface area contributed by atoms with Gasteiger partial charge in [-0.1, -0.05) is 36.5 Å². The number of nitrogens with zero attached hydrogens (tertiary/aromatic N) is 1. The molecule has 0 aliphatic rings. The van der Waals surface area contributed by atoms with Crippen LogP contribution in [0.2, 0.25) is 5.02 Å². The van der Waals surface area contributed by atoms with Crippen LogP contribution in [-0.4, -0.2) is 25.3 Å². The zero-order valence-corrected chi connectivity index (χ0v) is 19.5. The molecule has 0 aromatic heterocycles. The fourth-order valence-corrected chi connectivity index (χ4v) is 3.89. The quantitative estimate of drug-likeness (QED) is 0.278. The number of amides is 3. The van der Waals surface area contributed by atoms with E-state index in [2.05, 4.69) is 23.4 Å². The van der Waals surface area contributed by atoms with E-state index in [4.69, 9.17) is 16.3 Å². The van der Waals surface area contributed by atoms with Crippen molar-refractivity contribution in [3.8, 4) is 5.75 Å². The first-order valence-corrected chi connectivity index (χ1v) is 11.2. The lowest BCUT2D eigenvalue weighted by atomic mass is 10.2. The van der Waals surface area contributed by atoms with Crippen LogP contribution in [0.1, 0.15) is 10.4 Å². The number of methoxy groups -OCH3 is 1. The number of hydrogen-bond acceptors (Lipinski definition) is 5. The fourth-order valence-electron chi connectivity index (χ4n) is 2.80. The highest BCUT2D eigenvalue weighted by atomic mass is 35.5. The van der Waals surface area contributed by atoms with Gasteiger partial charge >= 0.3 is 6.03 Å². The Balaban J connectivity index is 1.76. The number of rotatable bonds is 6. The van der Waals surface area contributed by atoms with Gasteiger partial charge in [0.2, 0.25) is 0 Å². The van der Waals surface area contributed by atoms with E-state index in [0.29, 0.717) is 22.1 Å². The number of anilines is 3. The van der Waals surface area contributed by atoms with Crippen molar-refractivity contribution in [1.82, 2.24) is 0 Å². The van der Waals surface area contributed by atoms with E-state index in [1.54, 1.807) is 36.4 Å². The third kappa shape index (κ3) is 5.48. The number of benzene rings is 3. The Morgan fingerprint density at radius 3 is 2.41 bits per heavy atom. The summed E-state index contributed by atoms with van der Waals surface area (Å²) >= 11 is 12.0. The number of carbonyl (C=O) groups is 2. The van der Waals surface area contributed by atoms with Gasteiger partial charge in [-0.2, -0.15) is 0 Å². The smallest absolute Gasteiger partial charge is 0.336 e. The van der Waals surface area contributed by atoms with Gasteiger partial charge in [0.1, 0.15) is 11.6 Å². The Labute approximate surface area is 199 Å². The van der Waals surface area contributed by atoms with Gasteiger partial charge in [0.15, 0.2) is 0 Å². The van der Waals surface area contributed by atoms with E-state index in [1.165, 1.54) is 43.1 Å². The van der Waals surface area contributed by atoms with Crippen LogP contribution >= 0.6 is 36.2 Å². The minimum atomic E-state index is -0.627. The van der Waals surface area contributed by atoms with Crippen LogP contribution in [0, 0.1) is 5.82 Å². The van der Waals surface area contributed by atoms with E-state index in [1.807, 2.05) is 6.26 Å². The second kappa shape index (κ2) is 10.6. The maximum absolute atomic E-state index is 13.8. The summed E-state index contributed by atoms with van der Waals surface area (Å²) in [5.74, 6) is -0.960. The lowest BCUT2D eigenvalue weighted by molar-refractivity contribution is 0.102. The molecule has 0 unspecified atom stereocenters. The van der Waals surface area contributed by atoms with Crippen LogP contribution in [-0.2, 0) is 0 Å². The van der Waals surface area contributed by atoms with E-state index in [9.17, 15) is 14.0 Å². The number of thioether (sulfide) groups is 1. The first kappa shape index (κ1) is 23.8. The predicted molar refractivity (Wildman–Crippen MR) is 131 cm³/mol. The van der Waals surface area contributed by atoms with Gasteiger partial charge in [0.25, 0.3) is 5.91 Å². The molecule has 0 aliphatic heterocycles. The largest absolute Gasteiger partial charge is 0.494 e. The molecule has 0 bridgehead atoms. The Hall–Kier alpha value is -2.88. The molecule has 166 valence electrons. The molecule has 3 amide bonds. The summed E-state index contributed by atoms with van der Waals surface area (Å²) < 4.78 is 20.3. The van der Waals surface area contributed by atoms with Gasteiger partial charge in [-0.15, -0.1) is 11.8 Å². The Kier molecular flexibility index (Phi) is 7.89. The fraction of sp³-hybridized carbons (Fsp3) is 0.0909. The van der Waals surface area contributed by atoms with E-state index in [0.717, 1.165) is 9.20 Å². The molecule has 6 nitrogen and oxygen atoms in total. The van der Waals surface area contributed by atoms with Crippen molar-refractivity contribution in [3.05, 3.63) is 77.1 Å². The average Bonchev–Trinajstić information content (AvgIpc) is 2.78. The van der Waals surface area contributed by atoms with Crippen LogP contribution in [0.5, 0.6) is 5.75 Å². The van der Waals surface area contributed by atoms with Gasteiger partial charge in [-0.25, -0.2) is 13.5 Å². The molecule has 32 heavy (non-hydrogen) atoms. The van der Waals surface area contributed by atoms with Crippen LogP contribution in [0.25, 0.3) is 0 Å². The third-order valence-electron chi connectivity index (χ3n) is 4.38. The Morgan fingerprint density at radius 1 is 1.06 bits per heavy atom. The zero-order chi connectivity index (χ0) is 23.3. The normalized spacial score (nSPS) is 10.4. The molecule has 0 saturated heterocycles. The van der Waals surface area contributed by atoms with Gasteiger partial charge in [0.05, 0.1) is 23.4 Å². The van der Waals surface area contributed by atoms with Gasteiger partial charge < -0.3 is 15.4 Å². The van der Waals surface area contributed by atoms with Crippen molar-refractivity contribution < 1.29 is 18.7 Å². The summed E-state index contributed by atoms with van der Waals surface area (Å²) in [6.07, 6.45) is 1.91. The van der Waals surface area contributed by atoms with Gasteiger partial charge in [-0.3, -0.25) is 4.79 Å². The minimum absolute atomic E-state index is 0.0862. The molecular formula is C22H19ClFN3O3S2. The summed E-state index contributed by atoms with van der Waals surface area (Å²) in [7, 11) is 1.42.